The van der Waals surface area contributed by atoms with Gasteiger partial charge in [-0.05, 0) is 36.7 Å². The summed E-state index contributed by atoms with van der Waals surface area (Å²) in [6, 6.07) is 5.18. The zero-order valence-electron chi connectivity index (χ0n) is 11.5. The van der Waals surface area contributed by atoms with E-state index >= 15 is 0 Å². The molecule has 18 heavy (non-hydrogen) atoms. The second-order valence-electron chi connectivity index (χ2n) is 4.37. The van der Waals surface area contributed by atoms with Gasteiger partial charge in [0.1, 0.15) is 5.82 Å². The first-order valence-corrected chi connectivity index (χ1v) is 6.37. The minimum atomic E-state index is -0.181. The quantitative estimate of drug-likeness (QED) is 0.721. The Kier molecular flexibility index (Phi) is 6.68. The Balaban J connectivity index is 2.65. The van der Waals surface area contributed by atoms with Crippen LogP contribution in [0.4, 0.5) is 10.1 Å². The first kappa shape index (κ1) is 14.9. The van der Waals surface area contributed by atoms with E-state index in [9.17, 15) is 4.39 Å². The lowest BCUT2D eigenvalue weighted by Gasteiger charge is -2.20. The summed E-state index contributed by atoms with van der Waals surface area (Å²) in [5.74, 6) is -0.181. The van der Waals surface area contributed by atoms with Crippen molar-refractivity contribution < 1.29 is 9.13 Å². The summed E-state index contributed by atoms with van der Waals surface area (Å²) < 4.78 is 18.5. The molecule has 0 amide bonds. The maximum atomic E-state index is 13.5. The number of nitrogens with one attached hydrogen (secondary N) is 1. The lowest BCUT2D eigenvalue weighted by molar-refractivity contribution is 0.196. The summed E-state index contributed by atoms with van der Waals surface area (Å²) in [6.07, 6.45) is 0.937. The predicted molar refractivity (Wildman–Crippen MR) is 73.5 cm³/mol. The van der Waals surface area contributed by atoms with Gasteiger partial charge in [-0.2, -0.15) is 0 Å². The summed E-state index contributed by atoms with van der Waals surface area (Å²) in [5.41, 5.74) is 1.89. The van der Waals surface area contributed by atoms with E-state index in [1.807, 2.05) is 20.0 Å². The lowest BCUT2D eigenvalue weighted by Crippen LogP contribution is -2.20. The van der Waals surface area contributed by atoms with Crippen molar-refractivity contribution in [2.45, 2.75) is 19.9 Å². The maximum Gasteiger partial charge on any atom is 0.125 e. The first-order valence-electron chi connectivity index (χ1n) is 6.37. The fourth-order valence-electron chi connectivity index (χ4n) is 1.80. The van der Waals surface area contributed by atoms with Gasteiger partial charge in [-0.3, -0.25) is 0 Å². The molecule has 102 valence electrons. The SMILES string of the molecule is CCNCc1cc(F)cc(N(C)CCCOC)c1. The third-order valence-electron chi connectivity index (χ3n) is 2.80. The minimum absolute atomic E-state index is 0.181. The fourth-order valence-corrected chi connectivity index (χ4v) is 1.80. The molecule has 0 bridgehead atoms. The van der Waals surface area contributed by atoms with Gasteiger partial charge in [-0.15, -0.1) is 0 Å². The van der Waals surface area contributed by atoms with Crippen LogP contribution in [-0.2, 0) is 11.3 Å². The van der Waals surface area contributed by atoms with Crippen LogP contribution >= 0.6 is 0 Å². The Morgan fingerprint density at radius 3 is 2.78 bits per heavy atom. The Morgan fingerprint density at radius 2 is 2.11 bits per heavy atom. The molecule has 3 nitrogen and oxygen atoms in total. The summed E-state index contributed by atoms with van der Waals surface area (Å²) in [5, 5.41) is 3.21. The number of methoxy groups -OCH3 is 1. The van der Waals surface area contributed by atoms with Crippen molar-refractivity contribution in [2.24, 2.45) is 0 Å². The van der Waals surface area contributed by atoms with Gasteiger partial charge < -0.3 is 15.0 Å². The molecule has 0 radical (unpaired) electrons. The van der Waals surface area contributed by atoms with Crippen LogP contribution in [0.5, 0.6) is 0 Å². The van der Waals surface area contributed by atoms with E-state index < -0.39 is 0 Å². The highest BCUT2D eigenvalue weighted by atomic mass is 19.1. The summed E-state index contributed by atoms with van der Waals surface area (Å²) in [4.78, 5) is 2.05. The van der Waals surface area contributed by atoms with E-state index in [1.54, 1.807) is 19.2 Å². The van der Waals surface area contributed by atoms with Gasteiger partial charge in [0.15, 0.2) is 0 Å². The van der Waals surface area contributed by atoms with Crippen LogP contribution in [0.25, 0.3) is 0 Å². The van der Waals surface area contributed by atoms with Crippen molar-refractivity contribution in [1.82, 2.24) is 5.32 Å². The Labute approximate surface area is 109 Å². The first-order chi connectivity index (χ1) is 8.67. The number of hydrogen-bond acceptors (Lipinski definition) is 3. The maximum absolute atomic E-state index is 13.5. The molecule has 1 aromatic carbocycles. The number of hydrogen-bond donors (Lipinski definition) is 1. The van der Waals surface area contributed by atoms with Gasteiger partial charge in [-0.1, -0.05) is 6.92 Å². The minimum Gasteiger partial charge on any atom is -0.385 e. The molecule has 0 aliphatic rings. The molecule has 4 heteroatoms. The molecule has 1 aromatic rings. The van der Waals surface area contributed by atoms with E-state index in [-0.39, 0.29) is 5.82 Å². The number of benzene rings is 1. The summed E-state index contributed by atoms with van der Waals surface area (Å²) in [6.45, 7) is 5.21. The third-order valence-corrected chi connectivity index (χ3v) is 2.80. The van der Waals surface area contributed by atoms with Crippen LogP contribution in [-0.4, -0.2) is 33.9 Å². The smallest absolute Gasteiger partial charge is 0.125 e. The third kappa shape index (κ3) is 5.02. The lowest BCUT2D eigenvalue weighted by atomic mass is 10.1. The van der Waals surface area contributed by atoms with Crippen LogP contribution in [0.15, 0.2) is 18.2 Å². The molecule has 1 N–H and O–H groups in total. The van der Waals surface area contributed by atoms with E-state index in [0.717, 1.165) is 37.4 Å². The molecule has 0 fully saturated rings. The van der Waals surface area contributed by atoms with E-state index in [0.29, 0.717) is 6.54 Å². The molecule has 0 spiro atoms. The normalized spacial score (nSPS) is 10.7. The van der Waals surface area contributed by atoms with Crippen molar-refractivity contribution in [3.8, 4) is 0 Å². The highest BCUT2D eigenvalue weighted by Gasteiger charge is 2.05. The number of anilines is 1. The monoisotopic (exact) mass is 254 g/mol. The Hall–Kier alpha value is -1.13. The topological polar surface area (TPSA) is 24.5 Å². The largest absolute Gasteiger partial charge is 0.385 e. The van der Waals surface area contributed by atoms with E-state index in [2.05, 4.69) is 10.2 Å². The van der Waals surface area contributed by atoms with Crippen molar-refractivity contribution in [3.05, 3.63) is 29.6 Å². The number of halogens is 1. The number of nitrogens with zero attached hydrogens (tertiary/aromatic N) is 1. The molecule has 0 unspecified atom stereocenters. The molecule has 0 aliphatic heterocycles. The standard InChI is InChI=1S/C14H23FN2O/c1-4-16-11-12-8-13(15)10-14(9-12)17(2)6-5-7-18-3/h8-10,16H,4-7,11H2,1-3H3. The van der Waals surface area contributed by atoms with Crippen LogP contribution in [0.3, 0.4) is 0 Å². The molecule has 0 aromatic heterocycles. The molecule has 0 aliphatic carbocycles. The van der Waals surface area contributed by atoms with Crippen LogP contribution in [0.2, 0.25) is 0 Å². The highest BCUT2D eigenvalue weighted by Crippen LogP contribution is 2.17. The van der Waals surface area contributed by atoms with Crippen LogP contribution in [0, 0.1) is 5.82 Å². The van der Waals surface area contributed by atoms with Gasteiger partial charge in [0, 0.05) is 39.5 Å². The van der Waals surface area contributed by atoms with Gasteiger partial charge in [0.25, 0.3) is 0 Å². The van der Waals surface area contributed by atoms with E-state index in [1.165, 1.54) is 0 Å². The Morgan fingerprint density at radius 1 is 1.33 bits per heavy atom. The van der Waals surface area contributed by atoms with E-state index in [4.69, 9.17) is 4.74 Å². The van der Waals surface area contributed by atoms with Crippen LogP contribution in [0.1, 0.15) is 18.9 Å². The average Bonchev–Trinajstić information content (AvgIpc) is 2.36. The predicted octanol–water partition coefficient (Wildman–Crippen LogP) is 2.41. The van der Waals surface area contributed by atoms with Gasteiger partial charge in [0.05, 0.1) is 0 Å². The van der Waals surface area contributed by atoms with Crippen LogP contribution < -0.4 is 10.2 Å². The average molecular weight is 254 g/mol. The molecule has 1 rings (SSSR count). The molecule has 0 saturated carbocycles. The number of rotatable bonds is 8. The highest BCUT2D eigenvalue weighted by molar-refractivity contribution is 5.48. The van der Waals surface area contributed by atoms with Gasteiger partial charge >= 0.3 is 0 Å². The molecule has 0 saturated heterocycles. The molecule has 0 atom stereocenters. The molecular weight excluding hydrogens is 231 g/mol. The zero-order valence-corrected chi connectivity index (χ0v) is 11.5. The summed E-state index contributed by atoms with van der Waals surface area (Å²) in [7, 11) is 3.66. The second kappa shape index (κ2) is 8.06. The second-order valence-corrected chi connectivity index (χ2v) is 4.37. The Bertz CT molecular complexity index is 358. The summed E-state index contributed by atoms with van der Waals surface area (Å²) >= 11 is 0. The van der Waals surface area contributed by atoms with Crippen molar-refractivity contribution in [3.63, 3.8) is 0 Å². The number of ether oxygens (including phenoxy) is 1. The van der Waals surface area contributed by atoms with Crippen molar-refractivity contribution >= 4 is 5.69 Å². The zero-order chi connectivity index (χ0) is 13.4. The van der Waals surface area contributed by atoms with Gasteiger partial charge in [-0.25, -0.2) is 4.39 Å². The molecule has 0 heterocycles. The fraction of sp³-hybridized carbons (Fsp3) is 0.571. The van der Waals surface area contributed by atoms with Crippen molar-refractivity contribution in [2.75, 3.05) is 38.8 Å². The van der Waals surface area contributed by atoms with Gasteiger partial charge in [0.2, 0.25) is 0 Å². The van der Waals surface area contributed by atoms with Crippen molar-refractivity contribution in [1.29, 1.82) is 0 Å². The molecular formula is C14H23FN2O.